The Balaban J connectivity index is 1.56. The highest BCUT2D eigenvalue weighted by atomic mass is 16.5. The van der Waals surface area contributed by atoms with E-state index in [1.807, 2.05) is 0 Å². The first-order valence-corrected chi connectivity index (χ1v) is 7.29. The SMILES string of the molecule is N#Cc1cccc(OCC(O)CNCCCC2CC2)c1. The summed E-state index contributed by atoms with van der Waals surface area (Å²) in [6, 6.07) is 9.03. The first-order valence-electron chi connectivity index (χ1n) is 7.29. The van der Waals surface area contributed by atoms with Crippen LogP contribution in [-0.2, 0) is 0 Å². The van der Waals surface area contributed by atoms with Gasteiger partial charge < -0.3 is 15.2 Å². The van der Waals surface area contributed by atoms with Crippen LogP contribution in [0.1, 0.15) is 31.2 Å². The Bertz CT molecular complexity index is 452. The van der Waals surface area contributed by atoms with Crippen molar-refractivity contribution in [3.05, 3.63) is 29.8 Å². The van der Waals surface area contributed by atoms with E-state index in [0.717, 1.165) is 12.5 Å². The highest BCUT2D eigenvalue weighted by Gasteiger charge is 2.19. The van der Waals surface area contributed by atoms with Crippen molar-refractivity contribution in [3.63, 3.8) is 0 Å². The van der Waals surface area contributed by atoms with Crippen LogP contribution in [0.5, 0.6) is 5.75 Å². The number of hydrogen-bond donors (Lipinski definition) is 2. The molecule has 1 unspecified atom stereocenters. The second-order valence-corrected chi connectivity index (χ2v) is 5.39. The molecule has 0 radical (unpaired) electrons. The van der Waals surface area contributed by atoms with Gasteiger partial charge in [-0.3, -0.25) is 0 Å². The third-order valence-corrected chi connectivity index (χ3v) is 3.45. The molecule has 0 bridgehead atoms. The number of benzene rings is 1. The molecule has 4 heteroatoms. The molecule has 4 nitrogen and oxygen atoms in total. The van der Waals surface area contributed by atoms with Gasteiger partial charge in [0, 0.05) is 6.54 Å². The number of rotatable bonds is 9. The molecule has 1 saturated carbocycles. The summed E-state index contributed by atoms with van der Waals surface area (Å²) in [5.74, 6) is 1.59. The molecular weight excluding hydrogens is 252 g/mol. The Kier molecular flexibility index (Phi) is 5.85. The third-order valence-electron chi connectivity index (χ3n) is 3.45. The Morgan fingerprint density at radius 2 is 2.30 bits per heavy atom. The lowest BCUT2D eigenvalue weighted by Crippen LogP contribution is -2.32. The molecule has 1 aromatic carbocycles. The highest BCUT2D eigenvalue weighted by Crippen LogP contribution is 2.33. The largest absolute Gasteiger partial charge is 0.491 e. The lowest BCUT2D eigenvalue weighted by atomic mass is 10.2. The first kappa shape index (κ1) is 14.8. The van der Waals surface area contributed by atoms with Crippen LogP contribution in [0.4, 0.5) is 0 Å². The zero-order chi connectivity index (χ0) is 14.2. The molecule has 1 aliphatic rings. The van der Waals surface area contributed by atoms with Crippen LogP contribution in [0.2, 0.25) is 0 Å². The number of nitrogens with zero attached hydrogens (tertiary/aromatic N) is 1. The number of aliphatic hydroxyl groups excluding tert-OH is 1. The predicted molar refractivity (Wildman–Crippen MR) is 77.5 cm³/mol. The quantitative estimate of drug-likeness (QED) is 0.677. The summed E-state index contributed by atoms with van der Waals surface area (Å²) in [7, 11) is 0. The van der Waals surface area contributed by atoms with E-state index in [9.17, 15) is 5.11 Å². The number of ether oxygens (including phenoxy) is 1. The lowest BCUT2D eigenvalue weighted by molar-refractivity contribution is 0.106. The van der Waals surface area contributed by atoms with E-state index in [1.54, 1.807) is 24.3 Å². The lowest BCUT2D eigenvalue weighted by Gasteiger charge is -2.13. The van der Waals surface area contributed by atoms with Gasteiger partial charge in [0.25, 0.3) is 0 Å². The zero-order valence-electron chi connectivity index (χ0n) is 11.7. The van der Waals surface area contributed by atoms with Crippen molar-refractivity contribution in [2.24, 2.45) is 5.92 Å². The van der Waals surface area contributed by atoms with Crippen molar-refractivity contribution in [2.75, 3.05) is 19.7 Å². The highest BCUT2D eigenvalue weighted by molar-refractivity contribution is 5.36. The van der Waals surface area contributed by atoms with E-state index < -0.39 is 6.10 Å². The maximum atomic E-state index is 9.81. The average molecular weight is 274 g/mol. The van der Waals surface area contributed by atoms with E-state index in [0.29, 0.717) is 17.9 Å². The molecule has 2 N–H and O–H groups in total. The molecule has 1 aliphatic carbocycles. The van der Waals surface area contributed by atoms with Crippen LogP contribution in [-0.4, -0.2) is 30.9 Å². The summed E-state index contributed by atoms with van der Waals surface area (Å²) >= 11 is 0. The number of hydrogen-bond acceptors (Lipinski definition) is 4. The minimum Gasteiger partial charge on any atom is -0.491 e. The molecule has 20 heavy (non-hydrogen) atoms. The van der Waals surface area contributed by atoms with Gasteiger partial charge in [-0.2, -0.15) is 5.26 Å². The number of nitrogens with one attached hydrogen (secondary N) is 1. The van der Waals surface area contributed by atoms with Crippen molar-refractivity contribution in [3.8, 4) is 11.8 Å². The van der Waals surface area contributed by atoms with E-state index >= 15 is 0 Å². The van der Waals surface area contributed by atoms with Crippen LogP contribution in [0.25, 0.3) is 0 Å². The van der Waals surface area contributed by atoms with Gasteiger partial charge in [0.15, 0.2) is 0 Å². The number of nitriles is 1. The van der Waals surface area contributed by atoms with Crippen LogP contribution in [0.15, 0.2) is 24.3 Å². The normalized spacial score (nSPS) is 15.6. The molecule has 108 valence electrons. The van der Waals surface area contributed by atoms with E-state index in [-0.39, 0.29) is 6.61 Å². The molecule has 1 aromatic rings. The minimum atomic E-state index is -0.526. The van der Waals surface area contributed by atoms with Crippen molar-refractivity contribution in [1.82, 2.24) is 5.32 Å². The fourth-order valence-electron chi connectivity index (χ4n) is 2.10. The molecular formula is C16H22N2O2. The Hall–Kier alpha value is -1.57. The maximum Gasteiger partial charge on any atom is 0.120 e. The molecule has 0 aliphatic heterocycles. The van der Waals surface area contributed by atoms with Gasteiger partial charge in [-0.1, -0.05) is 18.9 Å². The second-order valence-electron chi connectivity index (χ2n) is 5.39. The zero-order valence-corrected chi connectivity index (χ0v) is 11.7. The van der Waals surface area contributed by atoms with Gasteiger partial charge in [0.05, 0.1) is 11.6 Å². The Labute approximate surface area is 120 Å². The summed E-state index contributed by atoms with van der Waals surface area (Å²) in [5, 5.41) is 21.8. The average Bonchev–Trinajstić information content (AvgIpc) is 3.29. The van der Waals surface area contributed by atoms with Crippen LogP contribution >= 0.6 is 0 Å². The summed E-state index contributed by atoms with van der Waals surface area (Å²) < 4.78 is 5.47. The molecule has 0 amide bonds. The summed E-state index contributed by atoms with van der Waals surface area (Å²) in [6.07, 6.45) is 4.76. The van der Waals surface area contributed by atoms with Crippen LogP contribution < -0.4 is 10.1 Å². The second kappa shape index (κ2) is 7.88. The Morgan fingerprint density at radius 1 is 1.45 bits per heavy atom. The van der Waals surface area contributed by atoms with Crippen LogP contribution in [0.3, 0.4) is 0 Å². The monoisotopic (exact) mass is 274 g/mol. The van der Waals surface area contributed by atoms with Gasteiger partial charge in [0.2, 0.25) is 0 Å². The molecule has 0 spiro atoms. The predicted octanol–water partition coefficient (Wildman–Crippen LogP) is 2.08. The van der Waals surface area contributed by atoms with E-state index in [1.165, 1.54) is 25.7 Å². The molecule has 1 fully saturated rings. The Morgan fingerprint density at radius 3 is 3.05 bits per heavy atom. The standard InChI is InChI=1S/C16H22N2O2/c17-10-14-3-1-5-16(9-14)20-12-15(19)11-18-8-2-4-13-6-7-13/h1,3,5,9,13,15,18-19H,2,4,6-8,11-12H2. The van der Waals surface area contributed by atoms with Crippen molar-refractivity contribution in [1.29, 1.82) is 5.26 Å². The molecule has 0 saturated heterocycles. The fourth-order valence-corrected chi connectivity index (χ4v) is 2.10. The number of aliphatic hydroxyl groups is 1. The van der Waals surface area contributed by atoms with Crippen molar-refractivity contribution < 1.29 is 9.84 Å². The summed E-state index contributed by atoms with van der Waals surface area (Å²) in [4.78, 5) is 0. The maximum absolute atomic E-state index is 9.81. The van der Waals surface area contributed by atoms with Gasteiger partial charge in [-0.15, -0.1) is 0 Å². The van der Waals surface area contributed by atoms with Gasteiger partial charge >= 0.3 is 0 Å². The van der Waals surface area contributed by atoms with Crippen molar-refractivity contribution in [2.45, 2.75) is 31.8 Å². The van der Waals surface area contributed by atoms with E-state index in [2.05, 4.69) is 11.4 Å². The third kappa shape index (κ3) is 5.60. The molecule has 2 rings (SSSR count). The summed E-state index contributed by atoms with van der Waals surface area (Å²) in [6.45, 7) is 1.74. The van der Waals surface area contributed by atoms with Gasteiger partial charge in [-0.25, -0.2) is 0 Å². The van der Waals surface area contributed by atoms with Crippen LogP contribution in [0, 0.1) is 17.2 Å². The molecule has 0 heterocycles. The minimum absolute atomic E-state index is 0.241. The van der Waals surface area contributed by atoms with Gasteiger partial charge in [0.1, 0.15) is 18.5 Å². The first-order chi connectivity index (χ1) is 9.78. The summed E-state index contributed by atoms with van der Waals surface area (Å²) in [5.41, 5.74) is 0.565. The fraction of sp³-hybridized carbons (Fsp3) is 0.562. The molecule has 0 aromatic heterocycles. The van der Waals surface area contributed by atoms with Gasteiger partial charge in [-0.05, 0) is 43.5 Å². The smallest absolute Gasteiger partial charge is 0.120 e. The molecule has 1 atom stereocenters. The van der Waals surface area contributed by atoms with E-state index in [4.69, 9.17) is 10.00 Å². The topological polar surface area (TPSA) is 65.3 Å². The van der Waals surface area contributed by atoms with Crippen molar-refractivity contribution >= 4 is 0 Å².